The molecule has 0 aliphatic carbocycles. The number of phenolic OH excluding ortho intramolecular Hbond substituents is 1. The molecule has 0 aromatic heterocycles. The van der Waals surface area contributed by atoms with Crippen molar-refractivity contribution < 1.29 is 5.11 Å². The summed E-state index contributed by atoms with van der Waals surface area (Å²) in [6.07, 6.45) is 0. The van der Waals surface area contributed by atoms with Crippen molar-refractivity contribution in [3.8, 4) is 5.75 Å². The molecule has 128 valence electrons. The molecule has 0 saturated carbocycles. The van der Waals surface area contributed by atoms with Crippen molar-refractivity contribution in [3.63, 3.8) is 0 Å². The molecule has 0 amide bonds. The third kappa shape index (κ3) is 4.75. The Hall–Kier alpha value is -0.000000000000000111. The standard InChI is InChI=1S/C16H25BrN2O.2ClH/c1-11-5-6-12(17)13(14(11)20)15(16(2,3)4)19-9-7-18-8-10-19;;/h5-6,15,18,20H,7-10H2,1-4H3;2*1H/t15-;;/m0../s1. The molecule has 1 heterocycles. The fourth-order valence-corrected chi connectivity index (χ4v) is 3.59. The number of aromatic hydroxyl groups is 1. The van der Waals surface area contributed by atoms with E-state index in [0.29, 0.717) is 5.75 Å². The number of hydrogen-bond donors (Lipinski definition) is 2. The van der Waals surface area contributed by atoms with Gasteiger partial charge in [-0.2, -0.15) is 0 Å². The van der Waals surface area contributed by atoms with Crippen LogP contribution in [0.2, 0.25) is 0 Å². The number of benzene rings is 1. The number of piperazine rings is 1. The van der Waals surface area contributed by atoms with E-state index >= 15 is 0 Å². The maximum absolute atomic E-state index is 10.6. The van der Waals surface area contributed by atoms with Gasteiger partial charge in [-0.1, -0.05) is 42.8 Å². The normalized spacial score (nSPS) is 17.3. The van der Waals surface area contributed by atoms with E-state index in [2.05, 4.69) is 46.9 Å². The van der Waals surface area contributed by atoms with Gasteiger partial charge < -0.3 is 10.4 Å². The van der Waals surface area contributed by atoms with E-state index in [1.54, 1.807) is 0 Å². The lowest BCUT2D eigenvalue weighted by molar-refractivity contribution is 0.0836. The molecule has 3 nitrogen and oxygen atoms in total. The first-order chi connectivity index (χ1) is 9.32. The molecular formula is C16H27BrCl2N2O. The maximum atomic E-state index is 10.6. The largest absolute Gasteiger partial charge is 0.507 e. The summed E-state index contributed by atoms with van der Waals surface area (Å²) < 4.78 is 0.999. The van der Waals surface area contributed by atoms with Crippen molar-refractivity contribution in [1.82, 2.24) is 10.2 Å². The summed E-state index contributed by atoms with van der Waals surface area (Å²) >= 11 is 3.64. The van der Waals surface area contributed by atoms with Crippen LogP contribution in [0.4, 0.5) is 0 Å². The molecule has 2 rings (SSSR count). The van der Waals surface area contributed by atoms with Gasteiger partial charge in [-0.25, -0.2) is 0 Å². The second-order valence-corrected chi connectivity index (χ2v) is 7.54. The number of nitrogens with one attached hydrogen (secondary N) is 1. The number of rotatable bonds is 2. The van der Waals surface area contributed by atoms with Crippen LogP contribution in [0.25, 0.3) is 0 Å². The van der Waals surface area contributed by atoms with E-state index in [1.807, 2.05) is 19.1 Å². The van der Waals surface area contributed by atoms with Crippen LogP contribution < -0.4 is 5.32 Å². The molecule has 1 fully saturated rings. The molecule has 6 heteroatoms. The lowest BCUT2D eigenvalue weighted by atomic mass is 9.80. The van der Waals surface area contributed by atoms with E-state index in [9.17, 15) is 5.11 Å². The highest BCUT2D eigenvalue weighted by Gasteiger charge is 2.35. The summed E-state index contributed by atoms with van der Waals surface area (Å²) in [5.41, 5.74) is 2.03. The molecule has 1 aliphatic heterocycles. The highest BCUT2D eigenvalue weighted by atomic mass is 79.9. The molecule has 1 atom stereocenters. The second-order valence-electron chi connectivity index (χ2n) is 6.68. The van der Waals surface area contributed by atoms with Crippen molar-refractivity contribution in [1.29, 1.82) is 0 Å². The molecule has 2 N–H and O–H groups in total. The monoisotopic (exact) mass is 412 g/mol. The van der Waals surface area contributed by atoms with Crippen molar-refractivity contribution in [2.45, 2.75) is 33.7 Å². The summed E-state index contributed by atoms with van der Waals surface area (Å²) in [6, 6.07) is 4.21. The minimum Gasteiger partial charge on any atom is -0.507 e. The summed E-state index contributed by atoms with van der Waals surface area (Å²) in [7, 11) is 0. The molecule has 0 unspecified atom stereocenters. The number of aryl methyl sites for hydroxylation is 1. The van der Waals surface area contributed by atoms with E-state index in [0.717, 1.165) is 41.8 Å². The molecule has 1 aromatic carbocycles. The van der Waals surface area contributed by atoms with Crippen LogP contribution in [0.3, 0.4) is 0 Å². The average Bonchev–Trinajstić information content (AvgIpc) is 2.39. The lowest BCUT2D eigenvalue weighted by Gasteiger charge is -2.43. The van der Waals surface area contributed by atoms with E-state index < -0.39 is 0 Å². The third-order valence-corrected chi connectivity index (χ3v) is 4.67. The van der Waals surface area contributed by atoms with E-state index in [4.69, 9.17) is 0 Å². The van der Waals surface area contributed by atoms with Crippen LogP contribution in [0.15, 0.2) is 16.6 Å². The number of hydrogen-bond acceptors (Lipinski definition) is 3. The average molecular weight is 414 g/mol. The first-order valence-electron chi connectivity index (χ1n) is 7.25. The fourth-order valence-electron chi connectivity index (χ4n) is 3.06. The maximum Gasteiger partial charge on any atom is 0.124 e. The molecule has 1 aliphatic rings. The van der Waals surface area contributed by atoms with Gasteiger partial charge in [0.05, 0.1) is 0 Å². The van der Waals surface area contributed by atoms with Crippen LogP contribution in [-0.2, 0) is 0 Å². The summed E-state index contributed by atoms with van der Waals surface area (Å²) in [5.74, 6) is 0.429. The summed E-state index contributed by atoms with van der Waals surface area (Å²) in [4.78, 5) is 2.48. The van der Waals surface area contributed by atoms with Crippen molar-refractivity contribution >= 4 is 40.7 Å². The Balaban J connectivity index is 0.00000220. The second kappa shape index (κ2) is 8.74. The Morgan fingerprint density at radius 3 is 2.23 bits per heavy atom. The zero-order valence-corrected chi connectivity index (χ0v) is 16.9. The van der Waals surface area contributed by atoms with Gasteiger partial charge in [0.1, 0.15) is 5.75 Å². The molecule has 1 aromatic rings. The molecule has 0 radical (unpaired) electrons. The molecular weight excluding hydrogens is 387 g/mol. The van der Waals surface area contributed by atoms with Gasteiger partial charge in [0.15, 0.2) is 0 Å². The first-order valence-corrected chi connectivity index (χ1v) is 8.04. The Morgan fingerprint density at radius 2 is 1.73 bits per heavy atom. The highest BCUT2D eigenvalue weighted by molar-refractivity contribution is 9.10. The quantitative estimate of drug-likeness (QED) is 0.758. The van der Waals surface area contributed by atoms with Gasteiger partial charge in [-0.15, -0.1) is 24.8 Å². The summed E-state index contributed by atoms with van der Waals surface area (Å²) in [6.45, 7) is 12.7. The first kappa shape index (κ1) is 22.0. The summed E-state index contributed by atoms with van der Waals surface area (Å²) in [5, 5.41) is 14.0. The minimum absolute atomic E-state index is 0. The number of phenols is 1. The Bertz CT molecular complexity index is 486. The molecule has 0 spiro atoms. The van der Waals surface area contributed by atoms with Crippen molar-refractivity contribution in [2.24, 2.45) is 5.41 Å². The van der Waals surface area contributed by atoms with Crippen LogP contribution in [-0.4, -0.2) is 36.2 Å². The van der Waals surface area contributed by atoms with Gasteiger partial charge in [-0.05, 0) is 24.0 Å². The third-order valence-electron chi connectivity index (χ3n) is 3.98. The Morgan fingerprint density at radius 1 is 1.18 bits per heavy atom. The van der Waals surface area contributed by atoms with Crippen LogP contribution in [0, 0.1) is 12.3 Å². The van der Waals surface area contributed by atoms with E-state index in [1.165, 1.54) is 0 Å². The molecule has 0 bridgehead atoms. The predicted molar refractivity (Wildman–Crippen MR) is 102 cm³/mol. The lowest BCUT2D eigenvalue weighted by Crippen LogP contribution is -2.48. The van der Waals surface area contributed by atoms with Crippen LogP contribution in [0.5, 0.6) is 5.75 Å². The van der Waals surface area contributed by atoms with Gasteiger partial charge in [0.2, 0.25) is 0 Å². The minimum atomic E-state index is 0. The Labute approximate surface area is 154 Å². The number of halogens is 3. The van der Waals surface area contributed by atoms with Crippen LogP contribution >= 0.6 is 40.7 Å². The van der Waals surface area contributed by atoms with Gasteiger partial charge >= 0.3 is 0 Å². The number of nitrogens with zero attached hydrogens (tertiary/aromatic N) is 1. The van der Waals surface area contributed by atoms with E-state index in [-0.39, 0.29) is 36.3 Å². The van der Waals surface area contributed by atoms with Crippen molar-refractivity contribution in [3.05, 3.63) is 27.7 Å². The highest BCUT2D eigenvalue weighted by Crippen LogP contribution is 2.45. The smallest absolute Gasteiger partial charge is 0.124 e. The van der Waals surface area contributed by atoms with Gasteiger partial charge in [0, 0.05) is 42.3 Å². The van der Waals surface area contributed by atoms with Gasteiger partial charge in [-0.3, -0.25) is 4.90 Å². The Kier molecular flexibility index (Phi) is 8.74. The topological polar surface area (TPSA) is 35.5 Å². The fraction of sp³-hybridized carbons (Fsp3) is 0.625. The predicted octanol–water partition coefficient (Wildman–Crippen LogP) is 4.30. The van der Waals surface area contributed by atoms with Crippen molar-refractivity contribution in [2.75, 3.05) is 26.2 Å². The SMILES string of the molecule is Cc1ccc(Br)c([C@H](N2CCNCC2)C(C)(C)C)c1O.Cl.Cl. The van der Waals surface area contributed by atoms with Crippen LogP contribution in [0.1, 0.15) is 37.9 Å². The molecule has 22 heavy (non-hydrogen) atoms. The van der Waals surface area contributed by atoms with Gasteiger partial charge in [0.25, 0.3) is 0 Å². The zero-order chi connectivity index (χ0) is 14.9. The zero-order valence-electron chi connectivity index (χ0n) is 13.6. The molecule has 1 saturated heterocycles.